The Labute approximate surface area is 135 Å². The Morgan fingerprint density at radius 3 is 2.16 bits per heavy atom. The molecule has 1 unspecified atom stereocenters. The molecule has 0 amide bonds. The molecule has 0 radical (unpaired) electrons. The normalized spacial score (nSPS) is 12.3. The first-order valence-electron chi connectivity index (χ1n) is 5.46. The molecule has 0 fully saturated rings. The van der Waals surface area contributed by atoms with Crippen molar-refractivity contribution < 1.29 is 4.74 Å². The van der Waals surface area contributed by atoms with Gasteiger partial charge in [-0.2, -0.15) is 0 Å². The lowest BCUT2D eigenvalue weighted by Crippen LogP contribution is -1.97. The number of ether oxygens (including phenoxy) is 1. The van der Waals surface area contributed by atoms with Crippen molar-refractivity contribution in [3.63, 3.8) is 0 Å². The molecule has 0 aliphatic rings. The van der Waals surface area contributed by atoms with Gasteiger partial charge in [-0.1, -0.05) is 62.9 Å². The Kier molecular flexibility index (Phi) is 5.02. The molecule has 0 saturated heterocycles. The lowest BCUT2D eigenvalue weighted by molar-refractivity contribution is 0.414. The first-order chi connectivity index (χ1) is 9.04. The van der Waals surface area contributed by atoms with Crippen LogP contribution in [-0.2, 0) is 0 Å². The third kappa shape index (κ3) is 3.19. The number of rotatable bonds is 3. The minimum atomic E-state index is -0.174. The second kappa shape index (κ2) is 6.36. The van der Waals surface area contributed by atoms with E-state index in [4.69, 9.17) is 39.5 Å². The predicted molar refractivity (Wildman–Crippen MR) is 85.2 cm³/mol. The highest BCUT2D eigenvalue weighted by Gasteiger charge is 2.19. The van der Waals surface area contributed by atoms with Crippen LogP contribution in [-0.4, -0.2) is 7.11 Å². The molecule has 0 bridgehead atoms. The number of methoxy groups -OCH3 is 1. The van der Waals surface area contributed by atoms with Crippen LogP contribution in [0.1, 0.15) is 16.0 Å². The molecule has 0 spiro atoms. The maximum Gasteiger partial charge on any atom is 0.120 e. The average Bonchev–Trinajstić information content (AvgIpc) is 2.38. The quantitative estimate of drug-likeness (QED) is 0.581. The lowest BCUT2D eigenvalue weighted by Gasteiger charge is -2.16. The van der Waals surface area contributed by atoms with Crippen molar-refractivity contribution in [2.75, 3.05) is 7.11 Å². The fourth-order valence-electron chi connectivity index (χ4n) is 1.75. The molecule has 0 aromatic heterocycles. The number of halogens is 4. The maximum absolute atomic E-state index is 6.26. The molecule has 0 aliphatic heterocycles. The van der Waals surface area contributed by atoms with E-state index in [9.17, 15) is 0 Å². The van der Waals surface area contributed by atoms with Crippen LogP contribution in [0.2, 0.25) is 15.1 Å². The Bertz CT molecular complexity index is 581. The van der Waals surface area contributed by atoms with E-state index in [0.717, 1.165) is 11.1 Å². The van der Waals surface area contributed by atoms with Crippen LogP contribution in [0.3, 0.4) is 0 Å². The van der Waals surface area contributed by atoms with E-state index in [0.29, 0.717) is 20.8 Å². The minimum Gasteiger partial charge on any atom is -0.497 e. The third-order valence-corrected chi connectivity index (χ3v) is 4.67. The summed E-state index contributed by atoms with van der Waals surface area (Å²) in [4.78, 5) is -0.174. The van der Waals surface area contributed by atoms with Gasteiger partial charge in [0.25, 0.3) is 0 Å². The second-order valence-corrected chi connectivity index (χ2v) is 6.02. The zero-order valence-corrected chi connectivity index (χ0v) is 13.8. The van der Waals surface area contributed by atoms with Crippen molar-refractivity contribution in [1.82, 2.24) is 0 Å². The smallest absolute Gasteiger partial charge is 0.120 e. The first-order valence-corrected chi connectivity index (χ1v) is 7.51. The number of hydrogen-bond acceptors (Lipinski definition) is 1. The molecule has 0 saturated carbocycles. The summed E-state index contributed by atoms with van der Waals surface area (Å²) in [6, 6.07) is 10.9. The van der Waals surface area contributed by atoms with Crippen LogP contribution in [0.4, 0.5) is 0 Å². The van der Waals surface area contributed by atoms with Crippen molar-refractivity contribution in [3.8, 4) is 5.75 Å². The summed E-state index contributed by atoms with van der Waals surface area (Å²) in [6.07, 6.45) is 0. The molecular formula is C14H10BrCl3O. The number of benzene rings is 2. The van der Waals surface area contributed by atoms with E-state index in [1.54, 1.807) is 25.3 Å². The molecule has 1 atom stereocenters. The molecule has 2 rings (SSSR count). The molecule has 2 aromatic rings. The average molecular weight is 380 g/mol. The van der Waals surface area contributed by atoms with E-state index in [2.05, 4.69) is 15.9 Å². The molecule has 0 aliphatic carbocycles. The Hall–Kier alpha value is -0.410. The van der Waals surface area contributed by atoms with Gasteiger partial charge in [0.05, 0.1) is 11.9 Å². The van der Waals surface area contributed by atoms with Gasteiger partial charge in [-0.15, -0.1) is 0 Å². The van der Waals surface area contributed by atoms with Crippen LogP contribution in [0, 0.1) is 0 Å². The van der Waals surface area contributed by atoms with Crippen LogP contribution in [0.5, 0.6) is 5.75 Å². The molecule has 100 valence electrons. The fraction of sp³-hybridized carbons (Fsp3) is 0.143. The van der Waals surface area contributed by atoms with E-state index >= 15 is 0 Å². The van der Waals surface area contributed by atoms with Gasteiger partial charge in [-0.25, -0.2) is 0 Å². The first kappa shape index (κ1) is 15.0. The summed E-state index contributed by atoms with van der Waals surface area (Å²) in [6.45, 7) is 0. The zero-order chi connectivity index (χ0) is 14.0. The SMILES string of the molecule is COc1ccc(C(Br)c2c(Cl)cccc2Cl)c(Cl)c1. The fourth-order valence-corrected chi connectivity index (χ4v) is 3.93. The highest BCUT2D eigenvalue weighted by Crippen LogP contribution is 2.42. The Balaban J connectivity index is 2.47. The van der Waals surface area contributed by atoms with Gasteiger partial charge in [0.1, 0.15) is 5.75 Å². The third-order valence-electron chi connectivity index (χ3n) is 2.73. The van der Waals surface area contributed by atoms with E-state index in [1.807, 2.05) is 18.2 Å². The highest BCUT2D eigenvalue weighted by molar-refractivity contribution is 9.09. The zero-order valence-electron chi connectivity index (χ0n) is 9.96. The van der Waals surface area contributed by atoms with Gasteiger partial charge in [-0.3, -0.25) is 0 Å². The minimum absolute atomic E-state index is 0.174. The second-order valence-electron chi connectivity index (χ2n) is 3.89. The van der Waals surface area contributed by atoms with Gasteiger partial charge < -0.3 is 4.74 Å². The predicted octanol–water partition coefficient (Wildman–Crippen LogP) is 6.14. The van der Waals surface area contributed by atoms with Gasteiger partial charge in [-0.05, 0) is 29.8 Å². The summed E-state index contributed by atoms with van der Waals surface area (Å²) in [7, 11) is 1.60. The topological polar surface area (TPSA) is 9.23 Å². The number of hydrogen-bond donors (Lipinski definition) is 0. The van der Waals surface area contributed by atoms with E-state index < -0.39 is 0 Å². The molecule has 5 heteroatoms. The monoisotopic (exact) mass is 378 g/mol. The van der Waals surface area contributed by atoms with Gasteiger partial charge >= 0.3 is 0 Å². The molecule has 2 aromatic carbocycles. The van der Waals surface area contributed by atoms with Crippen molar-refractivity contribution in [2.24, 2.45) is 0 Å². The standard InChI is InChI=1S/C14H10BrCl3O/c1-19-8-5-6-9(12(18)7-8)14(15)13-10(16)3-2-4-11(13)17/h2-7,14H,1H3. The van der Waals surface area contributed by atoms with E-state index in [1.165, 1.54) is 0 Å². The van der Waals surface area contributed by atoms with Crippen molar-refractivity contribution >= 4 is 50.7 Å². The van der Waals surface area contributed by atoms with E-state index in [-0.39, 0.29) is 4.83 Å². The van der Waals surface area contributed by atoms with Crippen LogP contribution in [0.15, 0.2) is 36.4 Å². The van der Waals surface area contributed by atoms with Crippen molar-refractivity contribution in [1.29, 1.82) is 0 Å². The molecular weight excluding hydrogens is 370 g/mol. The molecule has 1 nitrogen and oxygen atoms in total. The van der Waals surface area contributed by atoms with Crippen LogP contribution < -0.4 is 4.74 Å². The molecule has 0 N–H and O–H groups in total. The van der Waals surface area contributed by atoms with Gasteiger partial charge in [0.2, 0.25) is 0 Å². The Morgan fingerprint density at radius 1 is 1.00 bits per heavy atom. The summed E-state index contributed by atoms with van der Waals surface area (Å²) >= 11 is 22.3. The lowest BCUT2D eigenvalue weighted by atomic mass is 10.0. The van der Waals surface area contributed by atoms with Gasteiger partial charge in [0, 0.05) is 20.6 Å². The van der Waals surface area contributed by atoms with Gasteiger partial charge in [0.15, 0.2) is 0 Å². The Morgan fingerprint density at radius 2 is 1.63 bits per heavy atom. The summed E-state index contributed by atoms with van der Waals surface area (Å²) in [5.74, 6) is 0.707. The highest BCUT2D eigenvalue weighted by atomic mass is 79.9. The van der Waals surface area contributed by atoms with Crippen LogP contribution >= 0.6 is 50.7 Å². The summed E-state index contributed by atoms with van der Waals surface area (Å²) in [5, 5.41) is 1.79. The largest absolute Gasteiger partial charge is 0.497 e. The van der Waals surface area contributed by atoms with Crippen LogP contribution in [0.25, 0.3) is 0 Å². The number of alkyl halides is 1. The van der Waals surface area contributed by atoms with Crippen molar-refractivity contribution in [2.45, 2.75) is 4.83 Å². The summed E-state index contributed by atoms with van der Waals surface area (Å²) < 4.78 is 5.13. The molecule has 19 heavy (non-hydrogen) atoms. The molecule has 0 heterocycles. The maximum atomic E-state index is 6.26. The van der Waals surface area contributed by atoms with Crippen molar-refractivity contribution in [3.05, 3.63) is 62.6 Å². The summed E-state index contributed by atoms with van der Waals surface area (Å²) in [5.41, 5.74) is 1.69.